The molecule has 0 radical (unpaired) electrons. The molecule has 1 unspecified atom stereocenters. The van der Waals surface area contributed by atoms with Crippen molar-refractivity contribution in [1.29, 1.82) is 0 Å². The molecule has 1 aromatic rings. The van der Waals surface area contributed by atoms with Crippen LogP contribution in [-0.2, 0) is 16.9 Å². The smallest absolute Gasteiger partial charge is 0.346 e. The minimum absolute atomic E-state index is 0.0764. The molecule has 0 fully saturated rings. The van der Waals surface area contributed by atoms with Crippen molar-refractivity contribution in [3.8, 4) is 5.75 Å². The van der Waals surface area contributed by atoms with Crippen molar-refractivity contribution in [2.45, 2.75) is 18.5 Å². The number of hydrogen-bond acceptors (Lipinski definition) is 2. The van der Waals surface area contributed by atoms with E-state index in [1.54, 1.807) is 12.1 Å². The standard InChI is InChI=1S/C10H9FO3/c11-10(9(13)14)5-4-6-2-1-3-7(12)8(6)10/h1-3,12H,4-5H2,(H,13,14). The highest BCUT2D eigenvalue weighted by Crippen LogP contribution is 2.44. The third-order valence-electron chi connectivity index (χ3n) is 2.60. The number of carbonyl (C=O) groups is 1. The van der Waals surface area contributed by atoms with Gasteiger partial charge >= 0.3 is 5.97 Å². The molecule has 0 saturated heterocycles. The van der Waals surface area contributed by atoms with Gasteiger partial charge in [0.15, 0.2) is 0 Å². The Balaban J connectivity index is 2.64. The number of halogens is 1. The molecule has 14 heavy (non-hydrogen) atoms. The van der Waals surface area contributed by atoms with Gasteiger partial charge in [-0.15, -0.1) is 0 Å². The van der Waals surface area contributed by atoms with Gasteiger partial charge in [-0.2, -0.15) is 0 Å². The Morgan fingerprint density at radius 3 is 2.86 bits per heavy atom. The fourth-order valence-electron chi connectivity index (χ4n) is 1.90. The van der Waals surface area contributed by atoms with Crippen LogP contribution in [0.5, 0.6) is 5.75 Å². The second-order valence-electron chi connectivity index (χ2n) is 3.42. The fourth-order valence-corrected chi connectivity index (χ4v) is 1.90. The molecule has 0 aliphatic heterocycles. The average Bonchev–Trinajstić information content (AvgIpc) is 2.47. The number of aromatic hydroxyl groups is 1. The maximum Gasteiger partial charge on any atom is 0.346 e. The molecular formula is C10H9FO3. The Morgan fingerprint density at radius 2 is 2.21 bits per heavy atom. The van der Waals surface area contributed by atoms with Crippen molar-refractivity contribution >= 4 is 5.97 Å². The zero-order valence-corrected chi connectivity index (χ0v) is 7.33. The summed E-state index contributed by atoms with van der Waals surface area (Å²) >= 11 is 0. The predicted octanol–water partition coefficient (Wildman–Crippen LogP) is 1.59. The lowest BCUT2D eigenvalue weighted by Crippen LogP contribution is -2.27. The number of benzene rings is 1. The molecule has 0 heterocycles. The lowest BCUT2D eigenvalue weighted by Gasteiger charge is -2.15. The highest BCUT2D eigenvalue weighted by atomic mass is 19.1. The number of phenols is 1. The van der Waals surface area contributed by atoms with E-state index in [2.05, 4.69) is 0 Å². The Morgan fingerprint density at radius 1 is 1.50 bits per heavy atom. The van der Waals surface area contributed by atoms with E-state index in [4.69, 9.17) is 5.11 Å². The molecule has 1 aliphatic carbocycles. The second kappa shape index (κ2) is 2.70. The summed E-state index contributed by atoms with van der Waals surface area (Å²) in [6.45, 7) is 0. The minimum atomic E-state index is -2.42. The van der Waals surface area contributed by atoms with E-state index in [-0.39, 0.29) is 17.7 Å². The van der Waals surface area contributed by atoms with Crippen molar-refractivity contribution in [2.24, 2.45) is 0 Å². The van der Waals surface area contributed by atoms with Crippen LogP contribution in [-0.4, -0.2) is 16.2 Å². The van der Waals surface area contributed by atoms with Crippen LogP contribution in [0.25, 0.3) is 0 Å². The first kappa shape index (κ1) is 8.99. The topological polar surface area (TPSA) is 57.5 Å². The van der Waals surface area contributed by atoms with E-state index in [9.17, 15) is 14.3 Å². The Hall–Kier alpha value is -1.58. The van der Waals surface area contributed by atoms with Gasteiger partial charge in [0.1, 0.15) is 5.75 Å². The molecule has 3 nitrogen and oxygen atoms in total. The molecule has 0 spiro atoms. The summed E-state index contributed by atoms with van der Waals surface area (Å²) in [7, 11) is 0. The van der Waals surface area contributed by atoms with Crippen LogP contribution in [0.4, 0.5) is 4.39 Å². The van der Waals surface area contributed by atoms with Gasteiger partial charge in [-0.1, -0.05) is 12.1 Å². The predicted molar refractivity (Wildman–Crippen MR) is 46.8 cm³/mol. The van der Waals surface area contributed by atoms with E-state index in [0.717, 1.165) is 0 Å². The molecule has 4 heteroatoms. The molecule has 1 aliphatic rings. The fraction of sp³-hybridized carbons (Fsp3) is 0.300. The number of carboxylic acids is 1. The minimum Gasteiger partial charge on any atom is -0.508 e. The van der Waals surface area contributed by atoms with Crippen LogP contribution < -0.4 is 0 Å². The zero-order chi connectivity index (χ0) is 10.3. The summed E-state index contributed by atoms with van der Waals surface area (Å²) in [4.78, 5) is 10.8. The van der Waals surface area contributed by atoms with E-state index in [0.29, 0.717) is 12.0 Å². The van der Waals surface area contributed by atoms with Crippen molar-refractivity contribution in [3.05, 3.63) is 29.3 Å². The highest BCUT2D eigenvalue weighted by molar-refractivity contribution is 5.82. The quantitative estimate of drug-likeness (QED) is 0.717. The Bertz CT molecular complexity index is 402. The molecule has 2 N–H and O–H groups in total. The Kier molecular flexibility index (Phi) is 1.74. The molecule has 1 aromatic carbocycles. The third kappa shape index (κ3) is 0.999. The van der Waals surface area contributed by atoms with Crippen LogP contribution in [0.3, 0.4) is 0 Å². The van der Waals surface area contributed by atoms with Gasteiger partial charge in [0.2, 0.25) is 5.67 Å². The molecule has 0 aromatic heterocycles. The average molecular weight is 196 g/mol. The SMILES string of the molecule is O=C(O)C1(F)CCc2cccc(O)c21. The van der Waals surface area contributed by atoms with Gasteiger partial charge in [-0.25, -0.2) is 9.18 Å². The van der Waals surface area contributed by atoms with Crippen molar-refractivity contribution in [3.63, 3.8) is 0 Å². The maximum atomic E-state index is 13.9. The number of alkyl halides is 1. The van der Waals surface area contributed by atoms with Crippen LogP contribution in [0.1, 0.15) is 17.5 Å². The first-order valence-corrected chi connectivity index (χ1v) is 4.29. The first-order chi connectivity index (χ1) is 6.55. The number of hydrogen-bond donors (Lipinski definition) is 2. The van der Waals surface area contributed by atoms with E-state index >= 15 is 0 Å². The summed E-state index contributed by atoms with van der Waals surface area (Å²) in [5.41, 5.74) is -1.91. The van der Waals surface area contributed by atoms with Crippen LogP contribution in [0.15, 0.2) is 18.2 Å². The van der Waals surface area contributed by atoms with Crippen LogP contribution in [0, 0.1) is 0 Å². The lowest BCUT2D eigenvalue weighted by atomic mass is 9.97. The molecule has 0 amide bonds. The van der Waals surface area contributed by atoms with Crippen LogP contribution >= 0.6 is 0 Å². The summed E-state index contributed by atoms with van der Waals surface area (Å²) in [5, 5.41) is 18.2. The number of aliphatic carboxylic acids is 1. The second-order valence-corrected chi connectivity index (χ2v) is 3.42. The molecular weight excluding hydrogens is 187 g/mol. The van der Waals surface area contributed by atoms with Crippen LogP contribution in [0.2, 0.25) is 0 Å². The van der Waals surface area contributed by atoms with E-state index in [1.807, 2.05) is 0 Å². The van der Waals surface area contributed by atoms with Gasteiger partial charge < -0.3 is 10.2 Å². The molecule has 1 atom stereocenters. The first-order valence-electron chi connectivity index (χ1n) is 4.29. The molecule has 0 saturated carbocycles. The number of carboxylic acid groups (broad SMARTS) is 1. The number of rotatable bonds is 1. The highest BCUT2D eigenvalue weighted by Gasteiger charge is 2.48. The van der Waals surface area contributed by atoms with E-state index in [1.165, 1.54) is 6.07 Å². The lowest BCUT2D eigenvalue weighted by molar-refractivity contribution is -0.151. The number of fused-ring (bicyclic) bond motifs is 1. The molecule has 74 valence electrons. The Labute approximate surface area is 79.8 Å². The summed E-state index contributed by atoms with van der Waals surface area (Å²) in [6.07, 6.45) is 0.252. The third-order valence-corrected chi connectivity index (χ3v) is 2.60. The number of aryl methyl sites for hydroxylation is 1. The normalized spacial score (nSPS) is 24.6. The van der Waals surface area contributed by atoms with E-state index < -0.39 is 11.6 Å². The summed E-state index contributed by atoms with van der Waals surface area (Å²) in [5.74, 6) is -1.80. The van der Waals surface area contributed by atoms with Crippen molar-refractivity contribution in [1.82, 2.24) is 0 Å². The van der Waals surface area contributed by atoms with Gasteiger partial charge in [0, 0.05) is 12.0 Å². The van der Waals surface area contributed by atoms with Gasteiger partial charge in [0.25, 0.3) is 0 Å². The van der Waals surface area contributed by atoms with Gasteiger partial charge in [-0.3, -0.25) is 0 Å². The monoisotopic (exact) mass is 196 g/mol. The van der Waals surface area contributed by atoms with Gasteiger partial charge in [-0.05, 0) is 18.1 Å². The number of phenolic OH excluding ortho intramolecular Hbond substituents is 1. The summed E-state index contributed by atoms with van der Waals surface area (Å²) < 4.78 is 13.9. The van der Waals surface area contributed by atoms with Gasteiger partial charge in [0.05, 0.1) is 0 Å². The largest absolute Gasteiger partial charge is 0.508 e. The van der Waals surface area contributed by atoms with Crippen molar-refractivity contribution < 1.29 is 19.4 Å². The zero-order valence-electron chi connectivity index (χ0n) is 7.33. The van der Waals surface area contributed by atoms with Crippen molar-refractivity contribution in [2.75, 3.05) is 0 Å². The molecule has 2 rings (SSSR count). The summed E-state index contributed by atoms with van der Waals surface area (Å²) in [6, 6.07) is 4.53. The maximum absolute atomic E-state index is 13.9. The molecule has 0 bridgehead atoms.